The topological polar surface area (TPSA) is 89.0 Å². The maximum atomic E-state index is 13.3. The zero-order valence-corrected chi connectivity index (χ0v) is 19.9. The van der Waals surface area contributed by atoms with Crippen molar-refractivity contribution in [3.8, 4) is 22.8 Å². The maximum absolute atomic E-state index is 13.3. The minimum atomic E-state index is -0.296. The highest BCUT2D eigenvalue weighted by atomic mass is 32.1. The Balaban J connectivity index is 1.46. The van der Waals surface area contributed by atoms with Crippen molar-refractivity contribution in [2.75, 3.05) is 36.1 Å². The SMILES string of the molecule is CCN1C(=O)COc2ccc(C(=O)CN3C(=O)COc4ccc(-c5nc(C)sc5C)cc43)cc21. The predicted octanol–water partition coefficient (Wildman–Crippen LogP) is 3.78. The van der Waals surface area contributed by atoms with Crippen LogP contribution in [0.4, 0.5) is 11.4 Å². The summed E-state index contributed by atoms with van der Waals surface area (Å²) >= 11 is 1.61. The van der Waals surface area contributed by atoms with Crippen LogP contribution in [0.3, 0.4) is 0 Å². The highest BCUT2D eigenvalue weighted by Crippen LogP contribution is 2.38. The Hall–Kier alpha value is -3.72. The summed E-state index contributed by atoms with van der Waals surface area (Å²) in [6.07, 6.45) is 0. The molecule has 2 aromatic carbocycles. The second kappa shape index (κ2) is 8.57. The number of nitrogens with zero attached hydrogens (tertiary/aromatic N) is 3. The zero-order valence-electron chi connectivity index (χ0n) is 19.1. The van der Waals surface area contributed by atoms with Crippen molar-refractivity contribution < 1.29 is 23.9 Å². The van der Waals surface area contributed by atoms with Crippen LogP contribution in [0, 0.1) is 13.8 Å². The second-order valence-electron chi connectivity index (χ2n) is 8.12. The number of hydrogen-bond donors (Lipinski definition) is 0. The monoisotopic (exact) mass is 477 g/mol. The van der Waals surface area contributed by atoms with Crippen LogP contribution in [0.15, 0.2) is 36.4 Å². The first-order chi connectivity index (χ1) is 16.4. The van der Waals surface area contributed by atoms with Gasteiger partial charge in [-0.3, -0.25) is 19.3 Å². The first kappa shape index (κ1) is 22.1. The average Bonchev–Trinajstić information content (AvgIpc) is 3.17. The van der Waals surface area contributed by atoms with Crippen LogP contribution in [-0.4, -0.2) is 48.9 Å². The molecule has 2 aliphatic heterocycles. The van der Waals surface area contributed by atoms with Gasteiger partial charge in [0.1, 0.15) is 11.5 Å². The first-order valence-corrected chi connectivity index (χ1v) is 11.8. The van der Waals surface area contributed by atoms with Crippen LogP contribution in [-0.2, 0) is 9.59 Å². The van der Waals surface area contributed by atoms with Crippen molar-refractivity contribution in [2.24, 2.45) is 0 Å². The summed E-state index contributed by atoms with van der Waals surface area (Å²) < 4.78 is 11.1. The van der Waals surface area contributed by atoms with E-state index in [4.69, 9.17) is 9.47 Å². The summed E-state index contributed by atoms with van der Waals surface area (Å²) in [5.41, 5.74) is 3.22. The molecule has 0 fully saturated rings. The number of ketones is 1. The molecule has 0 N–H and O–H groups in total. The maximum Gasteiger partial charge on any atom is 0.265 e. The number of anilines is 2. The largest absolute Gasteiger partial charge is 0.482 e. The number of carbonyl (C=O) groups is 3. The molecule has 3 aromatic rings. The van der Waals surface area contributed by atoms with Gasteiger partial charge in [-0.2, -0.15) is 0 Å². The van der Waals surface area contributed by atoms with E-state index in [9.17, 15) is 14.4 Å². The van der Waals surface area contributed by atoms with E-state index in [1.54, 1.807) is 34.4 Å². The van der Waals surface area contributed by atoms with E-state index in [-0.39, 0.29) is 37.4 Å². The van der Waals surface area contributed by atoms with Crippen LogP contribution in [0.25, 0.3) is 11.3 Å². The number of rotatable bonds is 5. The summed E-state index contributed by atoms with van der Waals surface area (Å²) in [5, 5.41) is 0.959. The molecule has 34 heavy (non-hydrogen) atoms. The summed E-state index contributed by atoms with van der Waals surface area (Å²) in [6, 6.07) is 10.6. The minimum absolute atomic E-state index is 0.0203. The zero-order chi connectivity index (χ0) is 24.0. The molecule has 174 valence electrons. The third-order valence-corrected chi connectivity index (χ3v) is 6.81. The van der Waals surface area contributed by atoms with Crippen molar-refractivity contribution in [3.05, 3.63) is 51.8 Å². The minimum Gasteiger partial charge on any atom is -0.482 e. The van der Waals surface area contributed by atoms with Crippen LogP contribution < -0.4 is 19.3 Å². The number of aryl methyl sites for hydroxylation is 2. The van der Waals surface area contributed by atoms with Crippen molar-refractivity contribution >= 4 is 40.3 Å². The lowest BCUT2D eigenvalue weighted by Crippen LogP contribution is -2.42. The van der Waals surface area contributed by atoms with Gasteiger partial charge in [0, 0.05) is 22.5 Å². The van der Waals surface area contributed by atoms with Crippen LogP contribution in [0.5, 0.6) is 11.5 Å². The lowest BCUT2D eigenvalue weighted by atomic mass is 10.1. The van der Waals surface area contributed by atoms with Crippen molar-refractivity contribution in [3.63, 3.8) is 0 Å². The number of benzene rings is 2. The third-order valence-electron chi connectivity index (χ3n) is 5.92. The van der Waals surface area contributed by atoms with Crippen LogP contribution in [0.2, 0.25) is 0 Å². The fourth-order valence-corrected chi connectivity index (χ4v) is 5.12. The van der Waals surface area contributed by atoms with Gasteiger partial charge in [0.15, 0.2) is 19.0 Å². The van der Waals surface area contributed by atoms with E-state index >= 15 is 0 Å². The van der Waals surface area contributed by atoms with E-state index in [1.807, 2.05) is 39.0 Å². The molecular formula is C25H23N3O5S. The van der Waals surface area contributed by atoms with Gasteiger partial charge in [0.2, 0.25) is 0 Å². The Morgan fingerprint density at radius 3 is 2.26 bits per heavy atom. The number of ether oxygens (including phenoxy) is 2. The summed E-state index contributed by atoms with van der Waals surface area (Å²) in [4.78, 5) is 47.0. The molecule has 3 heterocycles. The number of amides is 2. The van der Waals surface area contributed by atoms with Gasteiger partial charge in [0.05, 0.1) is 28.6 Å². The molecule has 0 atom stereocenters. The molecule has 0 radical (unpaired) electrons. The lowest BCUT2D eigenvalue weighted by Gasteiger charge is -2.30. The Bertz CT molecular complexity index is 1330. The van der Waals surface area contributed by atoms with E-state index in [0.717, 1.165) is 21.1 Å². The molecule has 0 unspecified atom stereocenters. The average molecular weight is 478 g/mol. The molecule has 0 saturated carbocycles. The highest BCUT2D eigenvalue weighted by Gasteiger charge is 2.30. The Morgan fingerprint density at radius 2 is 1.62 bits per heavy atom. The van der Waals surface area contributed by atoms with Crippen LogP contribution >= 0.6 is 11.3 Å². The number of thiazole rings is 1. The van der Waals surface area contributed by atoms with Gasteiger partial charge in [-0.1, -0.05) is 0 Å². The second-order valence-corrected chi connectivity index (χ2v) is 9.53. The number of Topliss-reactive ketones (excluding diaryl/α,β-unsaturated/α-hetero) is 1. The fraction of sp³-hybridized carbons (Fsp3) is 0.280. The van der Waals surface area contributed by atoms with Gasteiger partial charge in [0.25, 0.3) is 11.8 Å². The summed E-state index contributed by atoms with van der Waals surface area (Å²) in [7, 11) is 0. The first-order valence-electron chi connectivity index (χ1n) is 11.0. The molecule has 0 aliphatic carbocycles. The van der Waals surface area contributed by atoms with E-state index in [1.165, 1.54) is 4.90 Å². The van der Waals surface area contributed by atoms with Crippen LogP contribution in [0.1, 0.15) is 27.2 Å². The molecule has 0 spiro atoms. The highest BCUT2D eigenvalue weighted by molar-refractivity contribution is 7.11. The number of hydrogen-bond acceptors (Lipinski definition) is 7. The van der Waals surface area contributed by atoms with Gasteiger partial charge >= 0.3 is 0 Å². The molecular weight excluding hydrogens is 454 g/mol. The summed E-state index contributed by atoms with van der Waals surface area (Å²) in [6.45, 7) is 6.00. The molecule has 2 amide bonds. The van der Waals surface area contributed by atoms with Gasteiger partial charge in [-0.25, -0.2) is 4.98 Å². The lowest BCUT2D eigenvalue weighted by molar-refractivity contribution is -0.121. The van der Waals surface area contributed by atoms with E-state index in [0.29, 0.717) is 35.0 Å². The van der Waals surface area contributed by atoms with E-state index < -0.39 is 0 Å². The summed E-state index contributed by atoms with van der Waals surface area (Å²) in [5.74, 6) is 0.406. The van der Waals surface area contributed by atoms with Gasteiger partial charge in [-0.15, -0.1) is 11.3 Å². The normalized spacial score (nSPS) is 14.9. The Morgan fingerprint density at radius 1 is 0.971 bits per heavy atom. The number of fused-ring (bicyclic) bond motifs is 2. The number of aromatic nitrogens is 1. The molecule has 2 aliphatic rings. The van der Waals surface area contributed by atoms with Crippen molar-refractivity contribution in [1.29, 1.82) is 0 Å². The fourth-order valence-electron chi connectivity index (χ4n) is 4.28. The molecule has 1 aromatic heterocycles. The quantitative estimate of drug-likeness (QED) is 0.520. The number of likely N-dealkylation sites (N-methyl/N-ethyl adjacent to an activating group) is 1. The van der Waals surface area contributed by atoms with Crippen molar-refractivity contribution in [1.82, 2.24) is 4.98 Å². The molecule has 8 nitrogen and oxygen atoms in total. The Kier molecular flexibility index (Phi) is 5.57. The molecule has 9 heteroatoms. The Labute approximate surface area is 200 Å². The third kappa shape index (κ3) is 3.81. The van der Waals surface area contributed by atoms with Gasteiger partial charge in [-0.05, 0) is 57.2 Å². The number of carbonyl (C=O) groups excluding carboxylic acids is 3. The van der Waals surface area contributed by atoms with Gasteiger partial charge < -0.3 is 14.4 Å². The standard InChI is InChI=1S/C25H23N3O5S/c1-4-27-18-9-16(5-7-21(18)32-12-23(27)30)20(29)11-28-19-10-17(25-14(2)34-15(3)26-25)6-8-22(19)33-13-24(28)31/h5-10H,4,11-13H2,1-3H3. The molecule has 0 bridgehead atoms. The molecule has 0 saturated heterocycles. The molecule has 5 rings (SSSR count). The smallest absolute Gasteiger partial charge is 0.265 e. The van der Waals surface area contributed by atoms with E-state index in [2.05, 4.69) is 4.98 Å². The van der Waals surface area contributed by atoms with Crippen molar-refractivity contribution in [2.45, 2.75) is 20.8 Å². The predicted molar refractivity (Wildman–Crippen MR) is 129 cm³/mol.